The summed E-state index contributed by atoms with van der Waals surface area (Å²) < 4.78 is 5.08. The van der Waals surface area contributed by atoms with Crippen LogP contribution in [0.3, 0.4) is 0 Å². The lowest BCUT2D eigenvalue weighted by Gasteiger charge is -2.27. The number of imidazole rings is 2. The highest BCUT2D eigenvalue weighted by Gasteiger charge is 2.66. The van der Waals surface area contributed by atoms with E-state index in [4.69, 9.17) is 21.1 Å². The lowest BCUT2D eigenvalue weighted by Crippen LogP contribution is -2.39. The summed E-state index contributed by atoms with van der Waals surface area (Å²) in [6, 6.07) is 35.5. The zero-order chi connectivity index (χ0) is 38.6. The van der Waals surface area contributed by atoms with Gasteiger partial charge in [-0.3, -0.25) is 9.59 Å². The molecule has 1 saturated heterocycles. The molecule has 1 aliphatic carbocycles. The molecule has 8 rings (SSSR count). The topological polar surface area (TPSA) is 124 Å². The first-order valence-electron chi connectivity index (χ1n) is 18.9. The second-order valence-corrected chi connectivity index (χ2v) is 14.5. The third-order valence-corrected chi connectivity index (χ3v) is 11.0. The van der Waals surface area contributed by atoms with Crippen molar-refractivity contribution in [1.29, 1.82) is 0 Å². The van der Waals surface area contributed by atoms with Crippen LogP contribution in [-0.4, -0.2) is 67.7 Å². The monoisotopic (exact) mass is 742 g/mol. The molecule has 0 unspecified atom stereocenters. The summed E-state index contributed by atoms with van der Waals surface area (Å²) in [6.45, 7) is 1.27. The van der Waals surface area contributed by atoms with Crippen LogP contribution in [-0.2, 0) is 39.3 Å². The van der Waals surface area contributed by atoms with E-state index in [-0.39, 0.29) is 36.0 Å². The summed E-state index contributed by atoms with van der Waals surface area (Å²) in [4.78, 5) is 59.6. The average Bonchev–Trinajstić information content (AvgIpc) is 3.58. The van der Waals surface area contributed by atoms with E-state index in [1.54, 1.807) is 4.90 Å². The van der Waals surface area contributed by atoms with Crippen molar-refractivity contribution in [3.05, 3.63) is 144 Å². The summed E-state index contributed by atoms with van der Waals surface area (Å²) in [5, 5.41) is 0. The van der Waals surface area contributed by atoms with Gasteiger partial charge in [0.1, 0.15) is 22.9 Å². The van der Waals surface area contributed by atoms with Crippen molar-refractivity contribution >= 4 is 17.8 Å². The van der Waals surface area contributed by atoms with Crippen LogP contribution in [0.15, 0.2) is 115 Å². The minimum absolute atomic E-state index is 0.0879. The molecule has 6 aromatic rings. The molecule has 10 nitrogen and oxygen atoms in total. The molecule has 10 heteroatoms. The number of H-pyrrole nitrogens is 2. The first-order chi connectivity index (χ1) is 27.4. The molecular weight excluding hydrogens is 701 g/mol. The maximum atomic E-state index is 13.4. The maximum absolute atomic E-state index is 13.4. The molecule has 0 bridgehead atoms. The van der Waals surface area contributed by atoms with Crippen LogP contribution in [0.4, 0.5) is 0 Å². The first-order valence-corrected chi connectivity index (χ1v) is 18.9. The van der Waals surface area contributed by atoms with Crippen molar-refractivity contribution in [2.45, 2.75) is 44.2 Å². The largest absolute Gasteiger partial charge is 0.464 e. The highest BCUT2D eigenvalue weighted by molar-refractivity contribution is 5.94. The molecule has 1 aliphatic heterocycles. The van der Waals surface area contributed by atoms with Crippen molar-refractivity contribution in [1.82, 2.24) is 29.7 Å². The predicted octanol–water partition coefficient (Wildman–Crippen LogP) is 7.21. The number of carbonyl (C=O) groups excluding carboxylic acids is 3. The van der Waals surface area contributed by atoms with Gasteiger partial charge >= 0.3 is 5.97 Å². The minimum atomic E-state index is -0.553. The zero-order valence-corrected chi connectivity index (χ0v) is 31.2. The van der Waals surface area contributed by atoms with Gasteiger partial charge in [-0.15, -0.1) is 12.3 Å². The van der Waals surface area contributed by atoms with Gasteiger partial charge in [0, 0.05) is 25.1 Å². The molecule has 1 saturated carbocycles. The average molecular weight is 743 g/mol. The number of aromatic nitrogens is 4. The molecule has 0 radical (unpaired) electrons. The number of methoxy groups -OCH3 is 1. The van der Waals surface area contributed by atoms with Crippen molar-refractivity contribution < 1.29 is 19.1 Å². The smallest absolute Gasteiger partial charge is 0.356 e. The second kappa shape index (κ2) is 15.6. The van der Waals surface area contributed by atoms with E-state index in [0.717, 1.165) is 64.3 Å². The Morgan fingerprint density at radius 2 is 1.48 bits per heavy atom. The highest BCUT2D eigenvalue weighted by Crippen LogP contribution is 2.62. The number of likely N-dealkylation sites (tertiary alicyclic amines) is 1. The molecule has 56 heavy (non-hydrogen) atoms. The van der Waals surface area contributed by atoms with E-state index >= 15 is 0 Å². The van der Waals surface area contributed by atoms with E-state index < -0.39 is 5.97 Å². The Kier molecular flexibility index (Phi) is 10.1. The zero-order valence-electron chi connectivity index (χ0n) is 31.2. The van der Waals surface area contributed by atoms with Gasteiger partial charge in [0.25, 0.3) is 0 Å². The molecule has 2 N–H and O–H groups in total. The van der Waals surface area contributed by atoms with Crippen LogP contribution < -0.4 is 0 Å². The Balaban J connectivity index is 0.967. The standard InChI is InChI=1S/C46H42N6O4/c1-3-4-24-51(40(53)26-31-11-7-5-8-12-31)30-39-49-42(43(50-39)44(55)56-2)36-21-17-34(18-22-36)33-15-19-35(20-16-33)38-29-47-45(48-38)46-28-37(46)23-25-52(46)41(54)27-32-13-9-6-10-14-32/h1,5-22,29,37H,4,23-28,30H2,2H3,(H,47,48)(H,49,50)/t37-,46+/m0/s1. The number of piperidine rings is 1. The number of carbonyl (C=O) groups is 3. The molecule has 2 aromatic heterocycles. The van der Waals surface area contributed by atoms with Crippen LogP contribution in [0.1, 0.15) is 52.5 Å². The molecule has 2 atom stereocenters. The molecule has 280 valence electrons. The van der Waals surface area contributed by atoms with Crippen molar-refractivity contribution in [2.24, 2.45) is 5.92 Å². The SMILES string of the molecule is C#CCCN(Cc1nc(-c2ccc(-c3ccc(-c4cnc([C@@]56C[C@@H]5CCN6C(=O)Cc5ccccc5)[nH]4)cc3)cc2)c(C(=O)OC)[nH]1)C(=O)Cc1ccccc1. The van der Waals surface area contributed by atoms with Gasteiger partial charge in [0.15, 0.2) is 5.69 Å². The number of fused-ring (bicyclic) bond motifs is 1. The van der Waals surface area contributed by atoms with Crippen molar-refractivity contribution in [2.75, 3.05) is 20.2 Å². The number of nitrogens with one attached hydrogen (secondary N) is 2. The van der Waals surface area contributed by atoms with Gasteiger partial charge in [0.05, 0.1) is 38.4 Å². The summed E-state index contributed by atoms with van der Waals surface area (Å²) in [5.41, 5.74) is 6.89. The fourth-order valence-electron chi connectivity index (χ4n) is 7.96. The number of ether oxygens (including phenoxy) is 1. The lowest BCUT2D eigenvalue weighted by molar-refractivity contribution is -0.133. The Bertz CT molecular complexity index is 2400. The van der Waals surface area contributed by atoms with E-state index in [2.05, 4.69) is 40.2 Å². The molecule has 2 amide bonds. The van der Waals surface area contributed by atoms with E-state index in [1.165, 1.54) is 7.11 Å². The van der Waals surface area contributed by atoms with Crippen LogP contribution in [0.5, 0.6) is 0 Å². The second-order valence-electron chi connectivity index (χ2n) is 14.5. The third kappa shape index (κ3) is 7.23. The summed E-state index contributed by atoms with van der Waals surface area (Å²) in [5.74, 6) is 3.87. The van der Waals surface area contributed by atoms with E-state index in [0.29, 0.717) is 36.8 Å². The number of hydrogen-bond donors (Lipinski definition) is 2. The Labute approximate surface area is 326 Å². The van der Waals surface area contributed by atoms with Gasteiger partial charge in [-0.05, 0) is 46.6 Å². The van der Waals surface area contributed by atoms with Crippen LogP contribution in [0.25, 0.3) is 33.6 Å². The molecule has 4 aromatic carbocycles. The number of nitrogens with zero attached hydrogens (tertiary/aromatic N) is 4. The van der Waals surface area contributed by atoms with Gasteiger partial charge in [-0.1, -0.05) is 109 Å². The minimum Gasteiger partial charge on any atom is -0.464 e. The van der Waals surface area contributed by atoms with Crippen molar-refractivity contribution in [3.63, 3.8) is 0 Å². The summed E-state index contributed by atoms with van der Waals surface area (Å²) >= 11 is 0. The molecular formula is C46H42N6O4. The quantitative estimate of drug-likeness (QED) is 0.0953. The van der Waals surface area contributed by atoms with Crippen LogP contribution in [0.2, 0.25) is 0 Å². The van der Waals surface area contributed by atoms with E-state index in [9.17, 15) is 14.4 Å². The Hall–Kier alpha value is -6.73. The lowest BCUT2D eigenvalue weighted by atomic mass is 10.0. The molecule has 2 fully saturated rings. The fraction of sp³-hybridized carbons (Fsp3) is 0.239. The highest BCUT2D eigenvalue weighted by atomic mass is 16.5. The normalized spacial score (nSPS) is 16.9. The summed E-state index contributed by atoms with van der Waals surface area (Å²) in [6.07, 6.45) is 10.4. The Morgan fingerprint density at radius 3 is 2.11 bits per heavy atom. The number of aromatic amines is 2. The van der Waals surface area contributed by atoms with Crippen molar-refractivity contribution in [3.8, 4) is 46.0 Å². The van der Waals surface area contributed by atoms with Gasteiger partial charge in [0.2, 0.25) is 11.8 Å². The van der Waals surface area contributed by atoms with Gasteiger partial charge in [-0.2, -0.15) is 0 Å². The van der Waals surface area contributed by atoms with E-state index in [1.807, 2.05) is 96.0 Å². The maximum Gasteiger partial charge on any atom is 0.356 e. The number of amides is 2. The third-order valence-electron chi connectivity index (χ3n) is 11.0. The van der Waals surface area contributed by atoms with Crippen LogP contribution >= 0.6 is 0 Å². The first kappa shape index (κ1) is 36.3. The molecule has 2 aliphatic rings. The number of esters is 1. The number of rotatable bonds is 13. The van der Waals surface area contributed by atoms with Crippen LogP contribution in [0, 0.1) is 18.3 Å². The predicted molar refractivity (Wildman–Crippen MR) is 214 cm³/mol. The van der Waals surface area contributed by atoms with Gasteiger partial charge < -0.3 is 24.5 Å². The Morgan fingerprint density at radius 1 is 0.857 bits per heavy atom. The fourth-order valence-corrected chi connectivity index (χ4v) is 7.96. The molecule has 3 heterocycles. The number of terminal acetylenes is 1. The van der Waals surface area contributed by atoms with Gasteiger partial charge in [-0.25, -0.2) is 14.8 Å². The summed E-state index contributed by atoms with van der Waals surface area (Å²) in [7, 11) is 1.33. The number of hydrogen-bond acceptors (Lipinski definition) is 6. The number of benzene rings is 4. The molecule has 0 spiro atoms.